The summed E-state index contributed by atoms with van der Waals surface area (Å²) in [6.45, 7) is 0. The van der Waals surface area contributed by atoms with Gasteiger partial charge in [-0.1, -0.05) is 24.3 Å². The molecule has 0 heterocycles. The summed E-state index contributed by atoms with van der Waals surface area (Å²) in [5.41, 5.74) is 1.08. The van der Waals surface area contributed by atoms with Gasteiger partial charge in [-0.3, -0.25) is 0 Å². The van der Waals surface area contributed by atoms with Crippen molar-refractivity contribution in [1.82, 2.24) is 0 Å². The molecule has 3 aromatic rings. The van der Waals surface area contributed by atoms with Crippen LogP contribution >= 0.6 is 61.1 Å². The Morgan fingerprint density at radius 3 is 2.44 bits per heavy atom. The van der Waals surface area contributed by atoms with Crippen molar-refractivity contribution in [2.24, 2.45) is 0 Å². The number of hydrogen-bond donors (Lipinski definition) is 1. The number of halogens is 4. The molecule has 0 saturated heterocycles. The number of aromatic carboxylic acids is 1. The molecular formula is C18H10BrFI2O3. The summed E-state index contributed by atoms with van der Waals surface area (Å²) >= 11 is 7.65. The number of carboxylic acid groups (broad SMARTS) is 1. The number of alkyl halides is 1. The Morgan fingerprint density at radius 1 is 1.12 bits per heavy atom. The quantitative estimate of drug-likeness (QED) is 0.271. The third-order valence-corrected chi connectivity index (χ3v) is 5.87. The Kier molecular flexibility index (Phi) is 5.84. The Balaban J connectivity index is 1.98. The molecule has 1 unspecified atom stereocenters. The molecule has 0 amide bonds. The third-order valence-electron chi connectivity index (χ3n) is 3.59. The Hall–Kier alpha value is -0.940. The molecule has 0 aliphatic rings. The maximum Gasteiger partial charge on any atom is 0.335 e. The molecule has 3 rings (SSSR count). The number of carboxylic acids is 1. The molecule has 0 radical (unpaired) electrons. The van der Waals surface area contributed by atoms with Crippen molar-refractivity contribution in [1.29, 1.82) is 0 Å². The predicted octanol–water partition coefficient (Wildman–Crippen LogP) is 6.36. The zero-order valence-corrected chi connectivity index (χ0v) is 18.4. The number of rotatable bonds is 4. The molecule has 0 fully saturated rings. The maximum atomic E-state index is 13.4. The van der Waals surface area contributed by atoms with Gasteiger partial charge in [0.05, 0.1) is 12.7 Å². The van der Waals surface area contributed by atoms with Gasteiger partial charge in [-0.2, -0.15) is 0 Å². The van der Waals surface area contributed by atoms with Gasteiger partial charge in [0.15, 0.2) is 5.01 Å². The molecule has 3 nitrogen and oxygen atoms in total. The summed E-state index contributed by atoms with van der Waals surface area (Å²) in [6, 6.07) is 13.4. The smallest absolute Gasteiger partial charge is 0.335 e. The fourth-order valence-corrected chi connectivity index (χ4v) is 5.05. The van der Waals surface area contributed by atoms with Gasteiger partial charge in [-0.15, -0.1) is 0 Å². The van der Waals surface area contributed by atoms with Gasteiger partial charge in [-0.05, 0) is 96.1 Å². The number of ether oxygens (including phenoxy) is 1. The molecule has 0 aliphatic heterocycles. The van der Waals surface area contributed by atoms with Crippen LogP contribution in [0.4, 0.5) is 4.39 Å². The third kappa shape index (κ3) is 4.08. The summed E-state index contributed by atoms with van der Waals surface area (Å²) in [5, 5.41) is 10.4. The number of fused-ring (bicyclic) bond motifs is 1. The van der Waals surface area contributed by atoms with Crippen LogP contribution in [0.15, 0.2) is 48.5 Å². The van der Waals surface area contributed by atoms with Gasteiger partial charge in [-0.25, -0.2) is 9.18 Å². The first-order valence-electron chi connectivity index (χ1n) is 7.08. The minimum absolute atomic E-state index is 0.216. The summed E-state index contributed by atoms with van der Waals surface area (Å²) in [6.07, 6.45) is 0. The maximum absolute atomic E-state index is 13.4. The lowest BCUT2D eigenvalue weighted by atomic mass is 10.1. The summed E-state index contributed by atoms with van der Waals surface area (Å²) in [4.78, 5) is 11.1. The number of hydrogen-bond acceptors (Lipinski definition) is 2. The van der Waals surface area contributed by atoms with Crippen LogP contribution in [0.1, 0.15) is 20.9 Å². The average molecular weight is 627 g/mol. The first kappa shape index (κ1) is 18.8. The Labute approximate surface area is 179 Å². The fourth-order valence-electron chi connectivity index (χ4n) is 2.44. The van der Waals surface area contributed by atoms with Gasteiger partial charge < -0.3 is 9.84 Å². The van der Waals surface area contributed by atoms with Crippen LogP contribution in [0, 0.1) is 13.0 Å². The van der Waals surface area contributed by atoms with Gasteiger partial charge in [0.2, 0.25) is 0 Å². The summed E-state index contributed by atoms with van der Waals surface area (Å²) < 4.78 is 20.9. The highest BCUT2D eigenvalue weighted by atomic mass is 127. The molecule has 7 heteroatoms. The van der Waals surface area contributed by atoms with Crippen molar-refractivity contribution >= 4 is 77.9 Å². The first-order chi connectivity index (χ1) is 11.9. The van der Waals surface area contributed by atoms with E-state index in [0.717, 1.165) is 16.3 Å². The minimum atomic E-state index is -0.978. The molecule has 0 saturated carbocycles. The second-order valence-corrected chi connectivity index (χ2v) is 8.38. The van der Waals surface area contributed by atoms with Crippen LogP contribution in [0.25, 0.3) is 10.8 Å². The van der Waals surface area contributed by atoms with E-state index in [2.05, 4.69) is 61.1 Å². The molecule has 0 spiro atoms. The van der Waals surface area contributed by atoms with Gasteiger partial charge in [0.1, 0.15) is 11.6 Å². The zero-order valence-electron chi connectivity index (χ0n) is 12.5. The summed E-state index contributed by atoms with van der Waals surface area (Å²) in [7, 11) is 0. The normalized spacial score (nSPS) is 12.2. The molecule has 0 bridgehead atoms. The van der Waals surface area contributed by atoms with Crippen molar-refractivity contribution in [3.05, 3.63) is 72.6 Å². The van der Waals surface area contributed by atoms with Crippen LogP contribution in [-0.4, -0.2) is 11.1 Å². The molecule has 3 aromatic carbocycles. The molecule has 1 atom stereocenters. The van der Waals surface area contributed by atoms with E-state index >= 15 is 0 Å². The van der Waals surface area contributed by atoms with Crippen LogP contribution in [0.5, 0.6) is 5.75 Å². The van der Waals surface area contributed by atoms with Gasteiger partial charge in [0.25, 0.3) is 0 Å². The van der Waals surface area contributed by atoms with Crippen molar-refractivity contribution < 1.29 is 19.0 Å². The van der Waals surface area contributed by atoms with Crippen molar-refractivity contribution in [2.75, 3.05) is 0 Å². The van der Waals surface area contributed by atoms with Crippen LogP contribution < -0.4 is 4.74 Å². The van der Waals surface area contributed by atoms with E-state index in [1.807, 2.05) is 18.2 Å². The predicted molar refractivity (Wildman–Crippen MR) is 115 cm³/mol. The number of benzene rings is 3. The second-order valence-electron chi connectivity index (χ2n) is 5.22. The van der Waals surface area contributed by atoms with Gasteiger partial charge >= 0.3 is 5.97 Å². The zero-order chi connectivity index (χ0) is 18.1. The van der Waals surface area contributed by atoms with Crippen molar-refractivity contribution in [3.8, 4) is 5.75 Å². The second kappa shape index (κ2) is 7.75. The lowest BCUT2D eigenvalue weighted by molar-refractivity contribution is 0.0696. The largest absolute Gasteiger partial charge is 0.478 e. The SMILES string of the molecule is O=C(O)c1cc(I)c(OC(Br)c2cccc3cc(F)ccc23)c(I)c1. The van der Waals surface area contributed by atoms with Crippen LogP contribution in [0.3, 0.4) is 0 Å². The van der Waals surface area contributed by atoms with E-state index in [4.69, 9.17) is 9.84 Å². The summed E-state index contributed by atoms with van der Waals surface area (Å²) in [5.74, 6) is -0.661. The highest BCUT2D eigenvalue weighted by Gasteiger charge is 2.18. The molecule has 128 valence electrons. The first-order valence-corrected chi connectivity index (χ1v) is 10.2. The van der Waals surface area contributed by atoms with Crippen molar-refractivity contribution in [2.45, 2.75) is 5.01 Å². The highest BCUT2D eigenvalue weighted by molar-refractivity contribution is 14.1. The van der Waals surface area contributed by atoms with E-state index in [1.54, 1.807) is 18.2 Å². The van der Waals surface area contributed by atoms with E-state index < -0.39 is 11.0 Å². The highest BCUT2D eigenvalue weighted by Crippen LogP contribution is 2.37. The lowest BCUT2D eigenvalue weighted by Gasteiger charge is -2.18. The fraction of sp³-hybridized carbons (Fsp3) is 0.0556. The number of carbonyl (C=O) groups is 1. The average Bonchev–Trinajstić information content (AvgIpc) is 2.56. The van der Waals surface area contributed by atoms with E-state index in [1.165, 1.54) is 12.1 Å². The minimum Gasteiger partial charge on any atom is -0.478 e. The molecular weight excluding hydrogens is 617 g/mol. The monoisotopic (exact) mass is 626 g/mol. The van der Waals surface area contributed by atoms with E-state index in [0.29, 0.717) is 12.9 Å². The van der Waals surface area contributed by atoms with Gasteiger partial charge in [0, 0.05) is 5.56 Å². The molecule has 1 N–H and O–H groups in total. The topological polar surface area (TPSA) is 46.5 Å². The van der Waals surface area contributed by atoms with Crippen LogP contribution in [-0.2, 0) is 0 Å². The molecule has 0 aliphatic carbocycles. The molecule has 25 heavy (non-hydrogen) atoms. The van der Waals surface area contributed by atoms with Crippen molar-refractivity contribution in [3.63, 3.8) is 0 Å². The van der Waals surface area contributed by atoms with E-state index in [-0.39, 0.29) is 11.4 Å². The van der Waals surface area contributed by atoms with E-state index in [9.17, 15) is 9.18 Å². The lowest BCUT2D eigenvalue weighted by Crippen LogP contribution is -2.05. The standard InChI is InChI=1S/C18H10BrFI2O3/c19-17(13-3-1-2-9-6-11(20)4-5-12(9)13)25-16-14(21)7-10(18(23)24)8-15(16)22/h1-8,17H,(H,23,24). The molecule has 0 aromatic heterocycles. The Morgan fingerprint density at radius 2 is 1.80 bits per heavy atom. The Bertz CT molecular complexity index is 955. The van der Waals surface area contributed by atoms with Crippen LogP contribution in [0.2, 0.25) is 0 Å².